The lowest BCUT2D eigenvalue weighted by Gasteiger charge is -2.27. The van der Waals surface area contributed by atoms with Crippen LogP contribution < -0.4 is 5.32 Å². The molecule has 2 fully saturated rings. The summed E-state index contributed by atoms with van der Waals surface area (Å²) in [5.41, 5.74) is 0. The minimum atomic E-state index is 0.292. The fraction of sp³-hybridized carbons (Fsp3) is 1.00. The van der Waals surface area contributed by atoms with E-state index in [1.807, 2.05) is 0 Å². The van der Waals surface area contributed by atoms with Gasteiger partial charge in [-0.2, -0.15) is 0 Å². The molecule has 2 aliphatic rings. The van der Waals surface area contributed by atoms with Crippen molar-refractivity contribution in [3.8, 4) is 0 Å². The number of nitrogens with zero attached hydrogens (tertiary/aromatic N) is 1. The van der Waals surface area contributed by atoms with E-state index in [0.717, 1.165) is 38.8 Å². The van der Waals surface area contributed by atoms with E-state index in [1.165, 1.54) is 19.5 Å². The van der Waals surface area contributed by atoms with Crippen molar-refractivity contribution in [2.45, 2.75) is 32.4 Å². The van der Waals surface area contributed by atoms with E-state index in [9.17, 15) is 0 Å². The SMILES string of the molecule is CC(C)NCC1CCN(CC2COCCO2)C1. The Kier molecular flexibility index (Phi) is 5.22. The average Bonchev–Trinajstić information content (AvgIpc) is 2.75. The molecule has 0 amide bonds. The van der Waals surface area contributed by atoms with Crippen LogP contribution in [0.15, 0.2) is 0 Å². The van der Waals surface area contributed by atoms with Gasteiger partial charge in [0.15, 0.2) is 0 Å². The van der Waals surface area contributed by atoms with Gasteiger partial charge >= 0.3 is 0 Å². The van der Waals surface area contributed by atoms with Crippen molar-refractivity contribution in [1.82, 2.24) is 10.2 Å². The fourth-order valence-electron chi connectivity index (χ4n) is 2.58. The van der Waals surface area contributed by atoms with Crippen molar-refractivity contribution in [2.75, 3.05) is 46.0 Å². The zero-order valence-corrected chi connectivity index (χ0v) is 11.2. The molecule has 2 rings (SSSR count). The lowest BCUT2D eigenvalue weighted by Crippen LogP contribution is -2.39. The first-order valence-electron chi connectivity index (χ1n) is 6.89. The van der Waals surface area contributed by atoms with Crippen molar-refractivity contribution < 1.29 is 9.47 Å². The summed E-state index contributed by atoms with van der Waals surface area (Å²) in [5, 5.41) is 3.53. The monoisotopic (exact) mass is 242 g/mol. The van der Waals surface area contributed by atoms with Gasteiger partial charge in [0.2, 0.25) is 0 Å². The highest BCUT2D eigenvalue weighted by molar-refractivity contribution is 4.80. The first-order valence-corrected chi connectivity index (χ1v) is 6.89. The van der Waals surface area contributed by atoms with Crippen LogP contribution in [-0.2, 0) is 9.47 Å². The van der Waals surface area contributed by atoms with Crippen LogP contribution in [0, 0.1) is 5.92 Å². The molecule has 2 atom stereocenters. The Morgan fingerprint density at radius 1 is 1.35 bits per heavy atom. The summed E-state index contributed by atoms with van der Waals surface area (Å²) >= 11 is 0. The number of hydrogen-bond acceptors (Lipinski definition) is 4. The molecule has 0 saturated carbocycles. The molecule has 0 aliphatic carbocycles. The number of ether oxygens (including phenoxy) is 2. The highest BCUT2D eigenvalue weighted by atomic mass is 16.6. The van der Waals surface area contributed by atoms with Gasteiger partial charge in [-0.3, -0.25) is 0 Å². The van der Waals surface area contributed by atoms with E-state index < -0.39 is 0 Å². The van der Waals surface area contributed by atoms with E-state index >= 15 is 0 Å². The van der Waals surface area contributed by atoms with E-state index in [1.54, 1.807) is 0 Å². The second kappa shape index (κ2) is 6.69. The third-order valence-electron chi connectivity index (χ3n) is 3.53. The molecule has 2 unspecified atom stereocenters. The van der Waals surface area contributed by atoms with E-state index in [4.69, 9.17) is 9.47 Å². The summed E-state index contributed by atoms with van der Waals surface area (Å²) in [6.45, 7) is 11.3. The second-order valence-electron chi connectivity index (χ2n) is 5.54. The van der Waals surface area contributed by atoms with Crippen LogP contribution in [0.25, 0.3) is 0 Å². The number of hydrogen-bond donors (Lipinski definition) is 1. The zero-order chi connectivity index (χ0) is 12.1. The average molecular weight is 242 g/mol. The highest BCUT2D eigenvalue weighted by Crippen LogP contribution is 2.17. The quantitative estimate of drug-likeness (QED) is 0.770. The maximum atomic E-state index is 5.69. The zero-order valence-electron chi connectivity index (χ0n) is 11.2. The van der Waals surface area contributed by atoms with Crippen molar-refractivity contribution in [2.24, 2.45) is 5.92 Å². The van der Waals surface area contributed by atoms with Gasteiger partial charge in [0.05, 0.1) is 25.9 Å². The third-order valence-corrected chi connectivity index (χ3v) is 3.53. The van der Waals surface area contributed by atoms with Crippen LogP contribution in [0.2, 0.25) is 0 Å². The van der Waals surface area contributed by atoms with Crippen LogP contribution in [-0.4, -0.2) is 63.0 Å². The Bertz CT molecular complexity index is 217. The molecule has 0 aromatic rings. The second-order valence-corrected chi connectivity index (χ2v) is 5.54. The summed E-state index contributed by atoms with van der Waals surface area (Å²) < 4.78 is 11.1. The number of rotatable bonds is 5. The first kappa shape index (κ1) is 13.3. The van der Waals surface area contributed by atoms with Gasteiger partial charge in [0.1, 0.15) is 0 Å². The standard InChI is InChI=1S/C13H26N2O2/c1-11(2)14-7-12-3-4-15(8-12)9-13-10-16-5-6-17-13/h11-14H,3-10H2,1-2H3. The Labute approximate surface area is 105 Å². The predicted molar refractivity (Wildman–Crippen MR) is 68.2 cm³/mol. The Hall–Kier alpha value is -0.160. The van der Waals surface area contributed by atoms with Crippen LogP contribution in [0.3, 0.4) is 0 Å². The molecule has 17 heavy (non-hydrogen) atoms. The van der Waals surface area contributed by atoms with E-state index in [0.29, 0.717) is 12.1 Å². The van der Waals surface area contributed by atoms with E-state index in [2.05, 4.69) is 24.1 Å². The van der Waals surface area contributed by atoms with Crippen molar-refractivity contribution >= 4 is 0 Å². The molecule has 0 spiro atoms. The first-order chi connectivity index (χ1) is 8.24. The molecule has 4 heteroatoms. The van der Waals surface area contributed by atoms with Crippen LogP contribution >= 0.6 is 0 Å². The molecular formula is C13H26N2O2. The van der Waals surface area contributed by atoms with Crippen LogP contribution in [0.1, 0.15) is 20.3 Å². The normalized spacial score (nSPS) is 31.2. The molecule has 0 bridgehead atoms. The fourth-order valence-corrected chi connectivity index (χ4v) is 2.58. The lowest BCUT2D eigenvalue weighted by molar-refractivity contribution is -0.0961. The van der Waals surface area contributed by atoms with E-state index in [-0.39, 0.29) is 0 Å². The summed E-state index contributed by atoms with van der Waals surface area (Å²) in [5.74, 6) is 0.807. The number of likely N-dealkylation sites (tertiary alicyclic amines) is 1. The Balaban J connectivity index is 1.63. The Morgan fingerprint density at radius 3 is 2.94 bits per heavy atom. The summed E-state index contributed by atoms with van der Waals surface area (Å²) in [4.78, 5) is 2.52. The molecule has 1 N–H and O–H groups in total. The topological polar surface area (TPSA) is 33.7 Å². The maximum absolute atomic E-state index is 5.69. The van der Waals surface area contributed by atoms with Gasteiger partial charge in [-0.25, -0.2) is 0 Å². The third kappa shape index (κ3) is 4.54. The van der Waals surface area contributed by atoms with Crippen molar-refractivity contribution in [1.29, 1.82) is 0 Å². The molecule has 2 heterocycles. The van der Waals surface area contributed by atoms with Gasteiger partial charge < -0.3 is 19.7 Å². The minimum absolute atomic E-state index is 0.292. The van der Waals surface area contributed by atoms with Gasteiger partial charge in [0, 0.05) is 19.1 Å². The van der Waals surface area contributed by atoms with Gasteiger partial charge in [-0.1, -0.05) is 13.8 Å². The lowest BCUT2D eigenvalue weighted by atomic mass is 10.1. The summed E-state index contributed by atoms with van der Waals surface area (Å²) in [6.07, 6.45) is 1.60. The largest absolute Gasteiger partial charge is 0.376 e. The maximum Gasteiger partial charge on any atom is 0.0936 e. The minimum Gasteiger partial charge on any atom is -0.376 e. The smallest absolute Gasteiger partial charge is 0.0936 e. The summed E-state index contributed by atoms with van der Waals surface area (Å²) in [6, 6.07) is 0.596. The summed E-state index contributed by atoms with van der Waals surface area (Å²) in [7, 11) is 0. The predicted octanol–water partition coefficient (Wildman–Crippen LogP) is 0.722. The molecule has 0 radical (unpaired) electrons. The number of nitrogens with one attached hydrogen (secondary N) is 1. The van der Waals surface area contributed by atoms with Gasteiger partial charge in [-0.15, -0.1) is 0 Å². The van der Waals surface area contributed by atoms with Crippen molar-refractivity contribution in [3.05, 3.63) is 0 Å². The molecule has 0 aromatic heterocycles. The van der Waals surface area contributed by atoms with Gasteiger partial charge in [0.25, 0.3) is 0 Å². The molecule has 2 saturated heterocycles. The molecule has 2 aliphatic heterocycles. The molecule has 0 aromatic carbocycles. The van der Waals surface area contributed by atoms with Gasteiger partial charge in [-0.05, 0) is 25.4 Å². The molecular weight excluding hydrogens is 216 g/mol. The molecule has 4 nitrogen and oxygen atoms in total. The molecule has 100 valence electrons. The Morgan fingerprint density at radius 2 is 2.24 bits per heavy atom. The van der Waals surface area contributed by atoms with Crippen LogP contribution in [0.5, 0.6) is 0 Å². The van der Waals surface area contributed by atoms with Crippen molar-refractivity contribution in [3.63, 3.8) is 0 Å². The highest BCUT2D eigenvalue weighted by Gasteiger charge is 2.25. The van der Waals surface area contributed by atoms with Crippen LogP contribution in [0.4, 0.5) is 0 Å².